The first-order valence-corrected chi connectivity index (χ1v) is 4.62. The number of hydrazine groups is 1. The van der Waals surface area contributed by atoms with Gasteiger partial charge < -0.3 is 5.01 Å². The van der Waals surface area contributed by atoms with Gasteiger partial charge in [0.1, 0.15) is 0 Å². The summed E-state index contributed by atoms with van der Waals surface area (Å²) < 4.78 is 0. The zero-order valence-corrected chi connectivity index (χ0v) is 8.93. The van der Waals surface area contributed by atoms with Crippen LogP contribution in [-0.2, 0) is 0 Å². The molecule has 0 aromatic carbocycles. The molecule has 0 heterocycles. The average molecular weight is 229 g/mol. The largest absolute Gasteiger partial charge is 0.318 e. The lowest BCUT2D eigenvalue weighted by Gasteiger charge is -2.14. The topological polar surface area (TPSA) is 29.3 Å². The number of nitrogens with two attached hydrogens (primary N) is 1. The Balaban J connectivity index is 4.64. The van der Waals surface area contributed by atoms with Crippen LogP contribution in [0.25, 0.3) is 0 Å². The number of alkyl halides is 1. The van der Waals surface area contributed by atoms with Crippen LogP contribution < -0.4 is 5.84 Å². The number of nitrogens with zero attached hydrogens (tertiary/aromatic N) is 1. The van der Waals surface area contributed by atoms with E-state index in [1.807, 2.05) is 13.0 Å². The molecule has 0 aliphatic heterocycles. The van der Waals surface area contributed by atoms with Gasteiger partial charge in [-0.1, -0.05) is 21.9 Å². The van der Waals surface area contributed by atoms with Crippen LogP contribution in [0.3, 0.4) is 0 Å². The number of hydrogen-bond donors (Lipinski definition) is 1. The Morgan fingerprint density at radius 1 is 1.75 bits per heavy atom. The summed E-state index contributed by atoms with van der Waals surface area (Å²) in [6.07, 6.45) is 8.61. The Bertz CT molecular complexity index is 233. The zero-order valence-electron chi connectivity index (χ0n) is 7.34. The lowest BCUT2D eigenvalue weighted by molar-refractivity contribution is 0.438. The van der Waals surface area contributed by atoms with Crippen molar-refractivity contribution in [2.45, 2.75) is 6.92 Å². The van der Waals surface area contributed by atoms with Crippen LogP contribution in [0.1, 0.15) is 6.92 Å². The molecule has 0 bridgehead atoms. The van der Waals surface area contributed by atoms with Crippen molar-refractivity contribution in [1.29, 1.82) is 0 Å². The van der Waals surface area contributed by atoms with Gasteiger partial charge in [0, 0.05) is 18.1 Å². The summed E-state index contributed by atoms with van der Waals surface area (Å²) >= 11 is 3.35. The van der Waals surface area contributed by atoms with Crippen molar-refractivity contribution in [2.75, 3.05) is 12.4 Å². The van der Waals surface area contributed by atoms with Crippen molar-refractivity contribution in [2.24, 2.45) is 5.84 Å². The van der Waals surface area contributed by atoms with Crippen molar-refractivity contribution >= 4 is 15.9 Å². The van der Waals surface area contributed by atoms with Crippen LogP contribution in [-0.4, -0.2) is 17.4 Å². The number of hydrogen-bond acceptors (Lipinski definition) is 2. The third-order valence-electron chi connectivity index (χ3n) is 1.52. The van der Waals surface area contributed by atoms with Crippen molar-refractivity contribution in [3.05, 3.63) is 23.4 Å². The summed E-state index contributed by atoms with van der Waals surface area (Å²) in [5.41, 5.74) is 2.08. The van der Waals surface area contributed by atoms with Gasteiger partial charge >= 0.3 is 0 Å². The van der Waals surface area contributed by atoms with Gasteiger partial charge in [-0.3, -0.25) is 0 Å². The Hall–Kier alpha value is -0.720. The van der Waals surface area contributed by atoms with Crippen molar-refractivity contribution in [3.63, 3.8) is 0 Å². The van der Waals surface area contributed by atoms with E-state index in [9.17, 15) is 0 Å². The van der Waals surface area contributed by atoms with Crippen molar-refractivity contribution in [3.8, 4) is 12.3 Å². The van der Waals surface area contributed by atoms with E-state index < -0.39 is 0 Å². The summed E-state index contributed by atoms with van der Waals surface area (Å²) in [5, 5.41) is 2.32. The highest BCUT2D eigenvalue weighted by molar-refractivity contribution is 9.09. The molecule has 2 N–H and O–H groups in total. The van der Waals surface area contributed by atoms with Gasteiger partial charge in [0.25, 0.3) is 0 Å². The van der Waals surface area contributed by atoms with E-state index >= 15 is 0 Å². The van der Waals surface area contributed by atoms with Crippen molar-refractivity contribution in [1.82, 2.24) is 5.01 Å². The molecule has 0 amide bonds. The summed E-state index contributed by atoms with van der Waals surface area (Å²) in [5.74, 6) is 7.98. The summed E-state index contributed by atoms with van der Waals surface area (Å²) in [6, 6.07) is 0. The molecule has 2 nitrogen and oxygen atoms in total. The maximum Gasteiger partial charge on any atom is 0.0300 e. The lowest BCUT2D eigenvalue weighted by Crippen LogP contribution is -2.24. The molecule has 66 valence electrons. The van der Waals surface area contributed by atoms with Crippen LogP contribution in [0, 0.1) is 12.3 Å². The summed E-state index contributed by atoms with van der Waals surface area (Å²) in [4.78, 5) is 0. The standard InChI is InChI=1S/C9H13BrN2/c1-4-5-6-9(7-10)8(2)12(3)11/h1,5-6H,7,11H2,2-3H3/b6-5-,9-8-. The zero-order chi connectivity index (χ0) is 9.56. The fraction of sp³-hybridized carbons (Fsp3) is 0.333. The van der Waals surface area contributed by atoms with E-state index in [2.05, 4.69) is 21.9 Å². The fourth-order valence-corrected chi connectivity index (χ4v) is 1.23. The molecule has 3 heteroatoms. The molecular formula is C9H13BrN2. The minimum atomic E-state index is 0.749. The van der Waals surface area contributed by atoms with Crippen LogP contribution in [0.2, 0.25) is 0 Å². The van der Waals surface area contributed by atoms with Crippen LogP contribution in [0.15, 0.2) is 23.4 Å². The van der Waals surface area contributed by atoms with Crippen LogP contribution in [0.4, 0.5) is 0 Å². The van der Waals surface area contributed by atoms with Crippen LogP contribution >= 0.6 is 15.9 Å². The average Bonchev–Trinajstić information content (AvgIpc) is 2.05. The third kappa shape index (κ3) is 3.61. The molecule has 0 saturated carbocycles. The highest BCUT2D eigenvalue weighted by Crippen LogP contribution is 2.09. The van der Waals surface area contributed by atoms with E-state index in [4.69, 9.17) is 12.3 Å². The minimum absolute atomic E-state index is 0.749. The fourth-order valence-electron chi connectivity index (χ4n) is 0.637. The second-order valence-corrected chi connectivity index (χ2v) is 2.92. The molecule has 0 atom stereocenters. The van der Waals surface area contributed by atoms with Gasteiger partial charge in [0.15, 0.2) is 0 Å². The second kappa shape index (κ2) is 5.87. The molecule has 0 aliphatic rings. The summed E-state index contributed by atoms with van der Waals surface area (Å²) in [6.45, 7) is 1.94. The van der Waals surface area contributed by atoms with E-state index in [-0.39, 0.29) is 0 Å². The van der Waals surface area contributed by atoms with Gasteiger partial charge in [0.2, 0.25) is 0 Å². The number of halogens is 1. The second-order valence-electron chi connectivity index (χ2n) is 2.36. The van der Waals surface area contributed by atoms with Crippen molar-refractivity contribution < 1.29 is 0 Å². The van der Waals surface area contributed by atoms with Gasteiger partial charge in [-0.15, -0.1) is 6.42 Å². The van der Waals surface area contributed by atoms with E-state index in [0.29, 0.717) is 0 Å². The molecular weight excluding hydrogens is 216 g/mol. The molecule has 0 saturated heterocycles. The Kier molecular flexibility index (Phi) is 5.52. The molecule has 0 unspecified atom stereocenters. The van der Waals surface area contributed by atoms with E-state index in [1.165, 1.54) is 0 Å². The smallest absolute Gasteiger partial charge is 0.0300 e. The van der Waals surface area contributed by atoms with Gasteiger partial charge in [-0.05, 0) is 24.6 Å². The third-order valence-corrected chi connectivity index (χ3v) is 2.12. The molecule has 12 heavy (non-hydrogen) atoms. The highest BCUT2D eigenvalue weighted by atomic mass is 79.9. The first-order valence-electron chi connectivity index (χ1n) is 3.50. The molecule has 0 fully saturated rings. The number of terminal acetylenes is 1. The quantitative estimate of drug-likeness (QED) is 0.262. The molecule has 0 aromatic rings. The molecule has 0 aromatic heterocycles. The summed E-state index contributed by atoms with van der Waals surface area (Å²) in [7, 11) is 1.79. The number of rotatable bonds is 3. The first kappa shape index (κ1) is 11.3. The normalized spacial score (nSPS) is 12.6. The molecule has 0 spiro atoms. The SMILES string of the molecule is C#C/C=C\C(CBr)=C(/C)N(C)N. The monoisotopic (exact) mass is 228 g/mol. The lowest BCUT2D eigenvalue weighted by atomic mass is 10.2. The van der Waals surface area contributed by atoms with Gasteiger partial charge in [-0.2, -0.15) is 0 Å². The maximum absolute atomic E-state index is 5.55. The molecule has 0 aliphatic carbocycles. The Labute approximate surface area is 82.2 Å². The maximum atomic E-state index is 5.55. The van der Waals surface area contributed by atoms with Gasteiger partial charge in [-0.25, -0.2) is 5.84 Å². The Morgan fingerprint density at radius 2 is 2.33 bits per heavy atom. The minimum Gasteiger partial charge on any atom is -0.318 e. The first-order chi connectivity index (χ1) is 5.63. The van der Waals surface area contributed by atoms with Gasteiger partial charge in [0.05, 0.1) is 0 Å². The predicted octanol–water partition coefficient (Wildman–Crippen LogP) is 1.65. The van der Waals surface area contributed by atoms with E-state index in [0.717, 1.165) is 16.6 Å². The Morgan fingerprint density at radius 3 is 2.67 bits per heavy atom. The highest BCUT2D eigenvalue weighted by Gasteiger charge is 1.98. The number of allylic oxidation sites excluding steroid dienone is 4. The molecule has 0 radical (unpaired) electrons. The van der Waals surface area contributed by atoms with Crippen LogP contribution in [0.5, 0.6) is 0 Å². The van der Waals surface area contributed by atoms with E-state index in [1.54, 1.807) is 18.1 Å². The molecule has 0 rings (SSSR count). The predicted molar refractivity (Wildman–Crippen MR) is 56.4 cm³/mol.